The number of amides is 1. The number of sulfonamides is 1. The summed E-state index contributed by atoms with van der Waals surface area (Å²) in [5.41, 5.74) is -0.248. The number of hydrogen-bond donors (Lipinski definition) is 1. The van der Waals surface area contributed by atoms with Crippen molar-refractivity contribution in [3.05, 3.63) is 34.2 Å². The Morgan fingerprint density at radius 2 is 1.95 bits per heavy atom. The van der Waals surface area contributed by atoms with Crippen molar-refractivity contribution in [2.45, 2.75) is 13.3 Å². The maximum atomic E-state index is 12.2. The van der Waals surface area contributed by atoms with Crippen LogP contribution in [0.1, 0.15) is 23.7 Å². The smallest absolute Gasteiger partial charge is 0.259 e. The van der Waals surface area contributed by atoms with Gasteiger partial charge in [0, 0.05) is 44.6 Å². The highest BCUT2D eigenvalue weighted by Crippen LogP contribution is 2.10. The van der Waals surface area contributed by atoms with Crippen molar-refractivity contribution < 1.29 is 13.2 Å². The SMILES string of the molecule is CCCS(=O)(=O)N1CCN(C(=O)c2c[nH]ccc2=O)CC1. The number of H-pyrrole nitrogens is 1. The minimum atomic E-state index is -3.23. The molecule has 1 amide bonds. The lowest BCUT2D eigenvalue weighted by atomic mass is 10.2. The van der Waals surface area contributed by atoms with E-state index in [0.717, 1.165) is 0 Å². The van der Waals surface area contributed by atoms with Gasteiger partial charge in [0.25, 0.3) is 5.91 Å². The third-order valence-electron chi connectivity index (χ3n) is 3.44. The van der Waals surface area contributed by atoms with Crippen molar-refractivity contribution in [3.63, 3.8) is 0 Å². The van der Waals surface area contributed by atoms with Crippen LogP contribution < -0.4 is 5.43 Å². The number of hydrogen-bond acceptors (Lipinski definition) is 4. The summed E-state index contributed by atoms with van der Waals surface area (Å²) in [6, 6.07) is 1.30. The van der Waals surface area contributed by atoms with Crippen LogP contribution in [-0.4, -0.2) is 60.4 Å². The number of carbonyl (C=O) groups excluding carboxylic acids is 1. The van der Waals surface area contributed by atoms with E-state index in [9.17, 15) is 18.0 Å². The van der Waals surface area contributed by atoms with Crippen molar-refractivity contribution in [2.24, 2.45) is 0 Å². The first-order chi connectivity index (χ1) is 9.95. The second-order valence-corrected chi connectivity index (χ2v) is 7.02. The maximum absolute atomic E-state index is 12.2. The van der Waals surface area contributed by atoms with E-state index in [0.29, 0.717) is 19.5 Å². The molecular weight excluding hydrogens is 294 g/mol. The minimum Gasteiger partial charge on any atom is -0.367 e. The third-order valence-corrected chi connectivity index (χ3v) is 5.51. The second-order valence-electron chi connectivity index (χ2n) is 4.93. The molecule has 1 N–H and O–H groups in total. The molecule has 1 aromatic heterocycles. The number of nitrogens with one attached hydrogen (secondary N) is 1. The van der Waals surface area contributed by atoms with Crippen LogP contribution in [0, 0.1) is 0 Å². The van der Waals surface area contributed by atoms with Crippen LogP contribution in [0.3, 0.4) is 0 Å². The van der Waals surface area contributed by atoms with Gasteiger partial charge in [-0.25, -0.2) is 8.42 Å². The first kappa shape index (κ1) is 15.7. The number of nitrogens with zero attached hydrogens (tertiary/aromatic N) is 2. The molecule has 0 atom stereocenters. The molecule has 0 bridgehead atoms. The van der Waals surface area contributed by atoms with E-state index in [1.165, 1.54) is 27.7 Å². The first-order valence-corrected chi connectivity index (χ1v) is 8.51. The van der Waals surface area contributed by atoms with Gasteiger partial charge in [0.2, 0.25) is 10.0 Å². The lowest BCUT2D eigenvalue weighted by molar-refractivity contribution is 0.0696. The highest BCUT2D eigenvalue weighted by Gasteiger charge is 2.29. The summed E-state index contributed by atoms with van der Waals surface area (Å²) in [4.78, 5) is 28.1. The fourth-order valence-corrected chi connectivity index (χ4v) is 3.80. The summed E-state index contributed by atoms with van der Waals surface area (Å²) in [5, 5.41) is 0. The van der Waals surface area contributed by atoms with Gasteiger partial charge in [0.15, 0.2) is 5.43 Å². The predicted molar refractivity (Wildman–Crippen MR) is 78.6 cm³/mol. The fraction of sp³-hybridized carbons (Fsp3) is 0.538. The summed E-state index contributed by atoms with van der Waals surface area (Å²) in [6.45, 7) is 2.98. The van der Waals surface area contributed by atoms with Crippen molar-refractivity contribution in [1.29, 1.82) is 0 Å². The Hall–Kier alpha value is -1.67. The standard InChI is InChI=1S/C13H19N3O4S/c1-2-9-21(19,20)16-7-5-15(6-8-16)13(18)11-10-14-4-3-12(11)17/h3-4,10H,2,5-9H2,1H3,(H,14,17). The Morgan fingerprint density at radius 1 is 1.29 bits per heavy atom. The zero-order chi connectivity index (χ0) is 15.5. The summed E-state index contributed by atoms with van der Waals surface area (Å²) < 4.78 is 25.3. The fourth-order valence-electron chi connectivity index (χ4n) is 2.31. The highest BCUT2D eigenvalue weighted by atomic mass is 32.2. The zero-order valence-corrected chi connectivity index (χ0v) is 12.7. The summed E-state index contributed by atoms with van der Waals surface area (Å²) in [7, 11) is -3.23. The Labute approximate surface area is 123 Å². The summed E-state index contributed by atoms with van der Waals surface area (Å²) >= 11 is 0. The van der Waals surface area contributed by atoms with Gasteiger partial charge < -0.3 is 9.88 Å². The number of aromatic amines is 1. The molecule has 0 radical (unpaired) electrons. The number of rotatable bonds is 4. The molecule has 0 unspecified atom stereocenters. The van der Waals surface area contributed by atoms with Crippen LogP contribution in [0.2, 0.25) is 0 Å². The highest BCUT2D eigenvalue weighted by molar-refractivity contribution is 7.89. The summed E-state index contributed by atoms with van der Waals surface area (Å²) in [5.74, 6) is -0.233. The summed E-state index contributed by atoms with van der Waals surface area (Å²) in [6.07, 6.45) is 3.42. The molecule has 1 fully saturated rings. The quantitative estimate of drug-likeness (QED) is 0.838. The maximum Gasteiger partial charge on any atom is 0.259 e. The average Bonchev–Trinajstić information content (AvgIpc) is 2.47. The molecule has 2 heterocycles. The number of pyridine rings is 1. The van der Waals surface area contributed by atoms with Gasteiger partial charge in [0.05, 0.1) is 5.75 Å². The van der Waals surface area contributed by atoms with Crippen LogP contribution >= 0.6 is 0 Å². The van der Waals surface area contributed by atoms with Crippen LogP contribution in [0.15, 0.2) is 23.3 Å². The molecule has 7 nitrogen and oxygen atoms in total. The van der Waals surface area contributed by atoms with Crippen molar-refractivity contribution in [3.8, 4) is 0 Å². The van der Waals surface area contributed by atoms with E-state index in [1.807, 2.05) is 6.92 Å². The van der Waals surface area contributed by atoms with Crippen LogP contribution in [-0.2, 0) is 10.0 Å². The predicted octanol–water partition coefficient (Wildman–Crippen LogP) is -0.127. The Bertz CT molecular complexity index is 660. The van der Waals surface area contributed by atoms with Gasteiger partial charge in [-0.3, -0.25) is 9.59 Å². The van der Waals surface area contributed by atoms with Crippen molar-refractivity contribution >= 4 is 15.9 Å². The molecule has 116 valence electrons. The van der Waals surface area contributed by atoms with Crippen molar-refractivity contribution in [2.75, 3.05) is 31.9 Å². The van der Waals surface area contributed by atoms with E-state index in [-0.39, 0.29) is 35.7 Å². The third kappa shape index (κ3) is 3.51. The number of carbonyl (C=O) groups is 1. The molecule has 2 rings (SSSR count). The first-order valence-electron chi connectivity index (χ1n) is 6.90. The topological polar surface area (TPSA) is 90.6 Å². The molecule has 1 saturated heterocycles. The number of aromatic nitrogens is 1. The molecule has 8 heteroatoms. The van der Waals surface area contributed by atoms with E-state index >= 15 is 0 Å². The van der Waals surface area contributed by atoms with Gasteiger partial charge in [-0.1, -0.05) is 6.92 Å². The van der Waals surface area contributed by atoms with E-state index in [2.05, 4.69) is 4.98 Å². The Balaban J connectivity index is 2.03. The van der Waals surface area contributed by atoms with Gasteiger partial charge >= 0.3 is 0 Å². The van der Waals surface area contributed by atoms with Crippen LogP contribution in [0.25, 0.3) is 0 Å². The van der Waals surface area contributed by atoms with Crippen molar-refractivity contribution in [1.82, 2.24) is 14.2 Å². The van der Waals surface area contributed by atoms with Gasteiger partial charge in [-0.05, 0) is 6.42 Å². The molecule has 0 saturated carbocycles. The molecule has 1 aliphatic rings. The minimum absolute atomic E-state index is 0.0855. The van der Waals surface area contributed by atoms with Gasteiger partial charge in [-0.2, -0.15) is 4.31 Å². The zero-order valence-electron chi connectivity index (χ0n) is 11.9. The van der Waals surface area contributed by atoms with E-state index < -0.39 is 10.0 Å². The molecule has 0 spiro atoms. The number of piperazine rings is 1. The second kappa shape index (κ2) is 6.40. The normalized spacial score (nSPS) is 16.9. The molecule has 1 aliphatic heterocycles. The lowest BCUT2D eigenvalue weighted by Gasteiger charge is -2.33. The lowest BCUT2D eigenvalue weighted by Crippen LogP contribution is -2.51. The van der Waals surface area contributed by atoms with Gasteiger partial charge in [-0.15, -0.1) is 0 Å². The van der Waals surface area contributed by atoms with E-state index in [4.69, 9.17) is 0 Å². The molecule has 21 heavy (non-hydrogen) atoms. The van der Waals surface area contributed by atoms with Crippen LogP contribution in [0.5, 0.6) is 0 Å². The molecule has 1 aromatic rings. The molecule has 0 aliphatic carbocycles. The van der Waals surface area contributed by atoms with E-state index in [1.54, 1.807) is 0 Å². The Morgan fingerprint density at radius 3 is 2.52 bits per heavy atom. The Kier molecular flexibility index (Phi) is 4.79. The molecule has 0 aromatic carbocycles. The van der Waals surface area contributed by atoms with Gasteiger partial charge in [0.1, 0.15) is 5.56 Å². The average molecular weight is 313 g/mol. The molecular formula is C13H19N3O4S. The monoisotopic (exact) mass is 313 g/mol. The van der Waals surface area contributed by atoms with Crippen LogP contribution in [0.4, 0.5) is 0 Å². The largest absolute Gasteiger partial charge is 0.367 e.